The first kappa shape index (κ1) is 14.5. The van der Waals surface area contributed by atoms with Gasteiger partial charge in [-0.25, -0.2) is 0 Å². The Morgan fingerprint density at radius 3 is 2.90 bits per heavy atom. The summed E-state index contributed by atoms with van der Waals surface area (Å²) in [6, 6.07) is 0. The van der Waals surface area contributed by atoms with Crippen LogP contribution in [0.4, 0.5) is 0 Å². The van der Waals surface area contributed by atoms with Crippen molar-refractivity contribution in [2.75, 3.05) is 39.8 Å². The molecule has 0 aromatic carbocycles. The minimum Gasteiger partial charge on any atom is -0.369 e. The largest absolute Gasteiger partial charge is 0.369 e. The molecule has 0 unspecified atom stereocenters. The van der Waals surface area contributed by atoms with Crippen molar-refractivity contribution in [3.8, 4) is 0 Å². The Morgan fingerprint density at radius 2 is 2.14 bits per heavy atom. The van der Waals surface area contributed by atoms with Crippen LogP contribution in [-0.2, 0) is 17.8 Å². The normalized spacial score (nSPS) is 24.5. The van der Waals surface area contributed by atoms with Crippen LogP contribution < -0.4 is 5.73 Å². The van der Waals surface area contributed by atoms with Crippen LogP contribution in [0.25, 0.3) is 0 Å². The van der Waals surface area contributed by atoms with Gasteiger partial charge in [-0.05, 0) is 26.4 Å². The molecule has 1 aromatic rings. The van der Waals surface area contributed by atoms with Crippen molar-refractivity contribution in [3.05, 3.63) is 11.6 Å². The molecule has 1 atom stereocenters. The lowest BCUT2D eigenvalue weighted by Crippen LogP contribution is -2.36. The highest BCUT2D eigenvalue weighted by Crippen LogP contribution is 2.26. The summed E-state index contributed by atoms with van der Waals surface area (Å²) < 4.78 is 2.27. The number of likely N-dealkylation sites (N-methyl/N-ethyl adjacent to an activating group) is 1. The summed E-state index contributed by atoms with van der Waals surface area (Å²) >= 11 is 0. The van der Waals surface area contributed by atoms with Crippen LogP contribution in [-0.4, -0.2) is 70.2 Å². The molecule has 2 aliphatic rings. The number of rotatable bonds is 3. The Labute approximate surface area is 125 Å². The summed E-state index contributed by atoms with van der Waals surface area (Å²) in [5.74, 6) is 2.39. The van der Waals surface area contributed by atoms with Crippen molar-refractivity contribution in [1.29, 1.82) is 0 Å². The molecule has 0 saturated carbocycles. The number of likely N-dealkylation sites (tertiary alicyclic amines) is 1. The van der Waals surface area contributed by atoms with Gasteiger partial charge in [0.15, 0.2) is 0 Å². The number of carbonyl (C=O) groups excluding carboxylic acids is 1. The van der Waals surface area contributed by atoms with E-state index in [0.29, 0.717) is 12.5 Å². The van der Waals surface area contributed by atoms with Gasteiger partial charge in [0.1, 0.15) is 11.6 Å². The number of hydrogen-bond acceptors (Lipinski definition) is 5. The molecule has 1 aromatic heterocycles. The SMILES string of the molecule is CN1CCC[C@H](c2nnc3n2CCN(CC(N)=O)CC3)C1. The van der Waals surface area contributed by atoms with Gasteiger partial charge in [-0.15, -0.1) is 10.2 Å². The van der Waals surface area contributed by atoms with Gasteiger partial charge in [0, 0.05) is 38.5 Å². The highest BCUT2D eigenvalue weighted by Gasteiger charge is 2.27. The lowest BCUT2D eigenvalue weighted by atomic mass is 9.97. The number of primary amides is 1. The molecule has 2 aliphatic heterocycles. The smallest absolute Gasteiger partial charge is 0.231 e. The summed E-state index contributed by atoms with van der Waals surface area (Å²) in [5.41, 5.74) is 5.30. The highest BCUT2D eigenvalue weighted by atomic mass is 16.1. The molecule has 0 spiro atoms. The summed E-state index contributed by atoms with van der Waals surface area (Å²) in [5, 5.41) is 8.84. The van der Waals surface area contributed by atoms with Gasteiger partial charge >= 0.3 is 0 Å². The summed E-state index contributed by atoms with van der Waals surface area (Å²) in [6.07, 6.45) is 3.24. The molecule has 0 radical (unpaired) electrons. The number of nitrogens with zero attached hydrogens (tertiary/aromatic N) is 5. The van der Waals surface area contributed by atoms with Crippen molar-refractivity contribution in [2.45, 2.75) is 31.7 Å². The van der Waals surface area contributed by atoms with E-state index in [4.69, 9.17) is 5.73 Å². The number of fused-ring (bicyclic) bond motifs is 1. The van der Waals surface area contributed by atoms with Gasteiger partial charge < -0.3 is 15.2 Å². The third-order valence-corrected chi connectivity index (χ3v) is 4.52. The molecule has 3 rings (SSSR count). The van der Waals surface area contributed by atoms with E-state index in [0.717, 1.165) is 44.2 Å². The van der Waals surface area contributed by atoms with Crippen LogP contribution in [0.5, 0.6) is 0 Å². The molecule has 21 heavy (non-hydrogen) atoms. The Hall–Kier alpha value is -1.47. The van der Waals surface area contributed by atoms with Gasteiger partial charge in [-0.2, -0.15) is 0 Å². The van der Waals surface area contributed by atoms with Crippen LogP contribution in [0.3, 0.4) is 0 Å². The molecule has 1 amide bonds. The van der Waals surface area contributed by atoms with E-state index in [1.807, 2.05) is 0 Å². The lowest BCUT2D eigenvalue weighted by Gasteiger charge is -2.29. The third kappa shape index (κ3) is 3.24. The summed E-state index contributed by atoms with van der Waals surface area (Å²) in [6.45, 7) is 5.08. The van der Waals surface area contributed by atoms with E-state index >= 15 is 0 Å². The zero-order valence-corrected chi connectivity index (χ0v) is 12.7. The van der Waals surface area contributed by atoms with E-state index in [1.165, 1.54) is 19.4 Å². The Kier molecular flexibility index (Phi) is 4.21. The van der Waals surface area contributed by atoms with E-state index in [-0.39, 0.29) is 5.91 Å². The average molecular weight is 292 g/mol. The first-order valence-electron chi connectivity index (χ1n) is 7.74. The molecular formula is C14H24N6O. The molecule has 7 heteroatoms. The van der Waals surface area contributed by atoms with Gasteiger partial charge in [-0.3, -0.25) is 9.69 Å². The van der Waals surface area contributed by atoms with E-state index in [9.17, 15) is 4.79 Å². The highest BCUT2D eigenvalue weighted by molar-refractivity contribution is 5.75. The molecule has 1 saturated heterocycles. The van der Waals surface area contributed by atoms with Crippen molar-refractivity contribution in [1.82, 2.24) is 24.6 Å². The second-order valence-corrected chi connectivity index (χ2v) is 6.22. The lowest BCUT2D eigenvalue weighted by molar-refractivity contribution is -0.119. The van der Waals surface area contributed by atoms with Crippen molar-refractivity contribution >= 4 is 5.91 Å². The zero-order chi connectivity index (χ0) is 14.8. The van der Waals surface area contributed by atoms with Crippen LogP contribution >= 0.6 is 0 Å². The molecule has 1 fully saturated rings. The number of piperidine rings is 1. The van der Waals surface area contributed by atoms with Gasteiger partial charge in [0.25, 0.3) is 0 Å². The van der Waals surface area contributed by atoms with Crippen LogP contribution in [0, 0.1) is 0 Å². The Balaban J connectivity index is 1.73. The number of aromatic nitrogens is 3. The summed E-state index contributed by atoms with van der Waals surface area (Å²) in [7, 11) is 2.17. The minimum absolute atomic E-state index is 0.262. The maximum Gasteiger partial charge on any atom is 0.231 e. The molecule has 0 aliphatic carbocycles. The Morgan fingerprint density at radius 1 is 1.29 bits per heavy atom. The monoisotopic (exact) mass is 292 g/mol. The topological polar surface area (TPSA) is 80.3 Å². The molecular weight excluding hydrogens is 268 g/mol. The standard InChI is InChI=1S/C14H24N6O/c1-18-5-2-3-11(9-18)14-17-16-13-4-6-19(10-12(15)21)7-8-20(13)14/h11H,2-10H2,1H3,(H2,15,21)/t11-/m0/s1. The minimum atomic E-state index is -0.262. The molecule has 116 valence electrons. The van der Waals surface area contributed by atoms with Crippen LogP contribution in [0.1, 0.15) is 30.4 Å². The van der Waals surface area contributed by atoms with Gasteiger partial charge in [-0.1, -0.05) is 0 Å². The number of nitrogens with two attached hydrogens (primary N) is 1. The zero-order valence-electron chi connectivity index (χ0n) is 12.7. The van der Waals surface area contributed by atoms with E-state index in [1.54, 1.807) is 0 Å². The van der Waals surface area contributed by atoms with Crippen LogP contribution in [0.2, 0.25) is 0 Å². The third-order valence-electron chi connectivity index (χ3n) is 4.52. The predicted octanol–water partition coefficient (Wildman–Crippen LogP) is -0.569. The maximum atomic E-state index is 11.1. The fraction of sp³-hybridized carbons (Fsp3) is 0.786. The first-order valence-corrected chi connectivity index (χ1v) is 7.74. The van der Waals surface area contributed by atoms with E-state index < -0.39 is 0 Å². The van der Waals surface area contributed by atoms with Crippen molar-refractivity contribution < 1.29 is 4.79 Å². The first-order chi connectivity index (χ1) is 10.1. The van der Waals surface area contributed by atoms with Gasteiger partial charge in [0.2, 0.25) is 5.91 Å². The van der Waals surface area contributed by atoms with Crippen molar-refractivity contribution in [2.24, 2.45) is 5.73 Å². The molecule has 2 N–H and O–H groups in total. The fourth-order valence-electron chi connectivity index (χ4n) is 3.45. The predicted molar refractivity (Wildman–Crippen MR) is 78.8 cm³/mol. The number of carbonyl (C=O) groups is 1. The number of hydrogen-bond donors (Lipinski definition) is 1. The molecule has 7 nitrogen and oxygen atoms in total. The summed E-state index contributed by atoms with van der Waals surface area (Å²) in [4.78, 5) is 15.6. The average Bonchev–Trinajstić information content (AvgIpc) is 2.75. The molecule has 0 bridgehead atoms. The second-order valence-electron chi connectivity index (χ2n) is 6.22. The Bertz CT molecular complexity index is 514. The quantitative estimate of drug-likeness (QED) is 0.807. The van der Waals surface area contributed by atoms with Crippen molar-refractivity contribution in [3.63, 3.8) is 0 Å². The number of amides is 1. The fourth-order valence-corrected chi connectivity index (χ4v) is 3.45. The van der Waals surface area contributed by atoms with E-state index in [2.05, 4.69) is 31.6 Å². The van der Waals surface area contributed by atoms with Gasteiger partial charge in [0.05, 0.1) is 6.54 Å². The maximum absolute atomic E-state index is 11.1. The molecule has 3 heterocycles. The second kappa shape index (κ2) is 6.11. The van der Waals surface area contributed by atoms with Crippen LogP contribution in [0.15, 0.2) is 0 Å².